The maximum absolute atomic E-state index is 12.8. The molecule has 0 spiro atoms. The van der Waals surface area contributed by atoms with Crippen molar-refractivity contribution in [2.75, 3.05) is 5.32 Å². The number of carbonyl (C=O) groups excluding carboxylic acids is 2. The van der Waals surface area contributed by atoms with Gasteiger partial charge in [-0.1, -0.05) is 0 Å². The molecule has 0 unspecified atom stereocenters. The Hall–Kier alpha value is -1.71. The minimum atomic E-state index is -0.593. The van der Waals surface area contributed by atoms with Crippen LogP contribution in [-0.2, 0) is 4.79 Å². The van der Waals surface area contributed by atoms with E-state index in [0.29, 0.717) is 12.0 Å². The Bertz CT molecular complexity index is 349. The number of rotatable bonds is 2. The van der Waals surface area contributed by atoms with Crippen molar-refractivity contribution in [3.63, 3.8) is 0 Å². The third-order valence-electron chi connectivity index (χ3n) is 1.44. The molecule has 0 atom stereocenters. The number of nitrogens with one attached hydrogen (secondary N) is 1. The molecule has 4 heteroatoms. The van der Waals surface area contributed by atoms with Gasteiger partial charge in [0, 0.05) is 12.6 Å². The highest BCUT2D eigenvalue weighted by atomic mass is 19.1. The Labute approximate surface area is 74.6 Å². The first kappa shape index (κ1) is 9.38. The smallest absolute Gasteiger partial charge is 0.221 e. The number of aldehydes is 1. The van der Waals surface area contributed by atoms with Crippen molar-refractivity contribution in [1.82, 2.24) is 0 Å². The zero-order valence-corrected chi connectivity index (χ0v) is 7.00. The van der Waals surface area contributed by atoms with Crippen LogP contribution in [0.15, 0.2) is 18.2 Å². The van der Waals surface area contributed by atoms with Gasteiger partial charge in [-0.05, 0) is 18.2 Å². The third kappa shape index (κ3) is 2.37. The van der Waals surface area contributed by atoms with Crippen LogP contribution in [0.3, 0.4) is 0 Å². The summed E-state index contributed by atoms with van der Waals surface area (Å²) in [5.74, 6) is -0.854. The lowest BCUT2D eigenvalue weighted by Gasteiger charge is -2.02. The van der Waals surface area contributed by atoms with Gasteiger partial charge in [-0.15, -0.1) is 0 Å². The molecule has 0 aliphatic rings. The number of anilines is 1. The van der Waals surface area contributed by atoms with E-state index < -0.39 is 5.82 Å². The highest BCUT2D eigenvalue weighted by Gasteiger charge is 2.02. The van der Waals surface area contributed by atoms with E-state index in [1.807, 2.05) is 0 Å². The number of halogens is 1. The molecule has 3 nitrogen and oxygen atoms in total. The lowest BCUT2D eigenvalue weighted by Crippen LogP contribution is -2.06. The molecule has 0 fully saturated rings. The van der Waals surface area contributed by atoms with Crippen molar-refractivity contribution in [2.45, 2.75) is 6.92 Å². The Kier molecular flexibility index (Phi) is 2.74. The molecule has 0 aliphatic carbocycles. The van der Waals surface area contributed by atoms with E-state index in [4.69, 9.17) is 0 Å². The van der Waals surface area contributed by atoms with Crippen LogP contribution in [0, 0.1) is 5.82 Å². The van der Waals surface area contributed by atoms with Gasteiger partial charge in [0.1, 0.15) is 5.82 Å². The number of carbonyl (C=O) groups is 2. The lowest BCUT2D eigenvalue weighted by atomic mass is 10.2. The van der Waals surface area contributed by atoms with Crippen LogP contribution in [0.1, 0.15) is 17.3 Å². The molecular weight excluding hydrogens is 173 g/mol. The first-order valence-electron chi connectivity index (χ1n) is 3.66. The highest BCUT2D eigenvalue weighted by Crippen LogP contribution is 2.12. The van der Waals surface area contributed by atoms with Crippen LogP contribution in [0.2, 0.25) is 0 Å². The van der Waals surface area contributed by atoms with Crippen LogP contribution in [0.4, 0.5) is 10.1 Å². The third-order valence-corrected chi connectivity index (χ3v) is 1.44. The molecule has 0 saturated heterocycles. The number of hydrogen-bond acceptors (Lipinski definition) is 2. The summed E-state index contributed by atoms with van der Waals surface area (Å²) in [5.41, 5.74) is 0.349. The van der Waals surface area contributed by atoms with Gasteiger partial charge < -0.3 is 5.32 Å². The predicted octanol–water partition coefficient (Wildman–Crippen LogP) is 1.60. The van der Waals surface area contributed by atoms with Crippen LogP contribution in [-0.4, -0.2) is 12.2 Å². The van der Waals surface area contributed by atoms with E-state index >= 15 is 0 Å². The van der Waals surface area contributed by atoms with Gasteiger partial charge in [-0.25, -0.2) is 4.39 Å². The van der Waals surface area contributed by atoms with Crippen molar-refractivity contribution in [3.05, 3.63) is 29.6 Å². The van der Waals surface area contributed by atoms with Crippen molar-refractivity contribution in [3.8, 4) is 0 Å². The minimum absolute atomic E-state index is 0.0637. The lowest BCUT2D eigenvalue weighted by molar-refractivity contribution is -0.114. The second-order valence-electron chi connectivity index (χ2n) is 2.54. The average Bonchev–Trinajstić information content (AvgIpc) is 2.07. The molecule has 1 N–H and O–H groups in total. The highest BCUT2D eigenvalue weighted by molar-refractivity contribution is 5.90. The molecule has 68 valence electrons. The van der Waals surface area contributed by atoms with E-state index in [2.05, 4.69) is 5.32 Å². The van der Waals surface area contributed by atoms with Crippen molar-refractivity contribution in [2.24, 2.45) is 0 Å². The molecule has 0 aliphatic heterocycles. The van der Waals surface area contributed by atoms with Crippen LogP contribution >= 0.6 is 0 Å². The summed E-state index contributed by atoms with van der Waals surface area (Å²) in [6.45, 7) is 1.34. The molecule has 0 heterocycles. The molecule has 13 heavy (non-hydrogen) atoms. The monoisotopic (exact) mass is 181 g/mol. The standard InChI is InChI=1S/C9H8FNO2/c1-6(13)11-8-2-3-9(10)7(4-8)5-12/h2-5H,1H3,(H,11,13). The van der Waals surface area contributed by atoms with E-state index in [9.17, 15) is 14.0 Å². The van der Waals surface area contributed by atoms with Gasteiger partial charge in [0.05, 0.1) is 5.56 Å². The Morgan fingerprint density at radius 2 is 2.23 bits per heavy atom. The first-order valence-corrected chi connectivity index (χ1v) is 3.66. The summed E-state index contributed by atoms with van der Waals surface area (Å²) in [7, 11) is 0. The summed E-state index contributed by atoms with van der Waals surface area (Å²) >= 11 is 0. The normalized spacial score (nSPS) is 9.38. The first-order chi connectivity index (χ1) is 6.13. The van der Waals surface area contributed by atoms with Gasteiger partial charge in [0.25, 0.3) is 0 Å². The second-order valence-corrected chi connectivity index (χ2v) is 2.54. The van der Waals surface area contributed by atoms with Crippen LogP contribution in [0.5, 0.6) is 0 Å². The zero-order chi connectivity index (χ0) is 9.84. The zero-order valence-electron chi connectivity index (χ0n) is 7.00. The number of hydrogen-bond donors (Lipinski definition) is 1. The predicted molar refractivity (Wildman–Crippen MR) is 46.1 cm³/mol. The fraction of sp³-hybridized carbons (Fsp3) is 0.111. The number of amides is 1. The summed E-state index contributed by atoms with van der Waals surface area (Å²) in [6, 6.07) is 3.81. The minimum Gasteiger partial charge on any atom is -0.326 e. The topological polar surface area (TPSA) is 46.2 Å². The fourth-order valence-corrected chi connectivity index (χ4v) is 0.915. The molecule has 1 aromatic rings. The quantitative estimate of drug-likeness (QED) is 0.704. The Morgan fingerprint density at radius 3 is 2.77 bits per heavy atom. The maximum Gasteiger partial charge on any atom is 0.221 e. The molecule has 1 rings (SSSR count). The van der Waals surface area contributed by atoms with E-state index in [1.165, 1.54) is 19.1 Å². The molecule has 1 aromatic carbocycles. The van der Waals surface area contributed by atoms with Crippen LogP contribution < -0.4 is 5.32 Å². The van der Waals surface area contributed by atoms with Gasteiger partial charge in [-0.3, -0.25) is 9.59 Å². The SMILES string of the molecule is CC(=O)Nc1ccc(F)c(C=O)c1. The molecule has 0 bridgehead atoms. The summed E-state index contributed by atoms with van der Waals surface area (Å²) < 4.78 is 12.8. The average molecular weight is 181 g/mol. The van der Waals surface area contributed by atoms with Gasteiger partial charge >= 0.3 is 0 Å². The molecule has 0 aromatic heterocycles. The summed E-state index contributed by atoms with van der Waals surface area (Å²) in [5, 5.41) is 2.44. The number of benzene rings is 1. The molecule has 1 amide bonds. The van der Waals surface area contributed by atoms with Crippen molar-refractivity contribution >= 4 is 17.9 Å². The van der Waals surface area contributed by atoms with E-state index in [0.717, 1.165) is 6.07 Å². The maximum atomic E-state index is 12.8. The summed E-state index contributed by atoms with van der Waals surface area (Å²) in [6.07, 6.45) is 0.403. The van der Waals surface area contributed by atoms with E-state index in [1.54, 1.807) is 0 Å². The van der Waals surface area contributed by atoms with Gasteiger partial charge in [-0.2, -0.15) is 0 Å². The van der Waals surface area contributed by atoms with Crippen molar-refractivity contribution < 1.29 is 14.0 Å². The molecule has 0 radical (unpaired) electrons. The Morgan fingerprint density at radius 1 is 1.54 bits per heavy atom. The van der Waals surface area contributed by atoms with Gasteiger partial charge in [0.2, 0.25) is 5.91 Å². The van der Waals surface area contributed by atoms with E-state index in [-0.39, 0.29) is 11.5 Å². The Balaban J connectivity index is 2.99. The van der Waals surface area contributed by atoms with Gasteiger partial charge in [0.15, 0.2) is 6.29 Å². The molecular formula is C9H8FNO2. The second kappa shape index (κ2) is 3.80. The molecule has 0 saturated carbocycles. The summed E-state index contributed by atoms with van der Waals surface area (Å²) in [4.78, 5) is 20.9. The van der Waals surface area contributed by atoms with Crippen molar-refractivity contribution in [1.29, 1.82) is 0 Å². The van der Waals surface area contributed by atoms with Crippen LogP contribution in [0.25, 0.3) is 0 Å². The largest absolute Gasteiger partial charge is 0.326 e. The fourth-order valence-electron chi connectivity index (χ4n) is 0.915.